The van der Waals surface area contributed by atoms with Gasteiger partial charge >= 0.3 is 5.97 Å². The molecule has 1 aliphatic rings. The number of benzene rings is 2. The molecule has 0 aliphatic carbocycles. The fourth-order valence-electron chi connectivity index (χ4n) is 3.62. The van der Waals surface area contributed by atoms with Gasteiger partial charge in [0.2, 0.25) is 0 Å². The summed E-state index contributed by atoms with van der Waals surface area (Å²) in [6, 6.07) is 18.0. The summed E-state index contributed by atoms with van der Waals surface area (Å²) in [6.45, 7) is 3.43. The van der Waals surface area contributed by atoms with Crippen LogP contribution in [0.1, 0.15) is 25.0 Å². The first-order chi connectivity index (χ1) is 14.8. The molecule has 7 heteroatoms. The number of carbonyl (C=O) groups is 3. The van der Waals surface area contributed by atoms with E-state index in [2.05, 4.69) is 0 Å². The van der Waals surface area contributed by atoms with Crippen molar-refractivity contribution in [1.29, 1.82) is 0 Å². The molecule has 0 aromatic heterocycles. The SMILES string of the molecule is COC(=O)[C@@H]1OC(C)(C)O[C@H]1C(=O)N(Cc1ccccc1)[C@H](C=O)Cc1ccccc1. The second kappa shape index (κ2) is 9.85. The van der Waals surface area contributed by atoms with Crippen LogP contribution in [0.15, 0.2) is 60.7 Å². The van der Waals surface area contributed by atoms with E-state index in [4.69, 9.17) is 14.2 Å². The molecule has 0 N–H and O–H groups in total. The molecule has 7 nitrogen and oxygen atoms in total. The number of rotatable bonds is 8. The minimum Gasteiger partial charge on any atom is -0.467 e. The lowest BCUT2D eigenvalue weighted by atomic mass is 10.0. The third-order valence-electron chi connectivity index (χ3n) is 5.10. The van der Waals surface area contributed by atoms with Crippen LogP contribution >= 0.6 is 0 Å². The Morgan fingerprint density at radius 3 is 2.10 bits per heavy atom. The molecule has 31 heavy (non-hydrogen) atoms. The molecule has 3 rings (SSSR count). The lowest BCUT2D eigenvalue weighted by Gasteiger charge is -2.31. The Morgan fingerprint density at radius 2 is 1.55 bits per heavy atom. The van der Waals surface area contributed by atoms with Gasteiger partial charge in [-0.25, -0.2) is 4.79 Å². The van der Waals surface area contributed by atoms with Gasteiger partial charge in [0.15, 0.2) is 18.0 Å². The highest BCUT2D eigenvalue weighted by Gasteiger charge is 2.51. The maximum atomic E-state index is 13.6. The number of hydrogen-bond donors (Lipinski definition) is 0. The summed E-state index contributed by atoms with van der Waals surface area (Å²) in [4.78, 5) is 39.4. The van der Waals surface area contributed by atoms with Crippen molar-refractivity contribution in [3.63, 3.8) is 0 Å². The summed E-state index contributed by atoms with van der Waals surface area (Å²) in [5.74, 6) is -2.35. The number of ether oxygens (including phenoxy) is 3. The Hall–Kier alpha value is -3.03. The Morgan fingerprint density at radius 1 is 1.00 bits per heavy atom. The van der Waals surface area contributed by atoms with Gasteiger partial charge < -0.3 is 23.9 Å². The summed E-state index contributed by atoms with van der Waals surface area (Å²) in [5, 5.41) is 0. The molecule has 1 heterocycles. The van der Waals surface area contributed by atoms with Gasteiger partial charge in [-0.1, -0.05) is 60.7 Å². The van der Waals surface area contributed by atoms with E-state index in [1.54, 1.807) is 13.8 Å². The van der Waals surface area contributed by atoms with Crippen molar-refractivity contribution in [3.05, 3.63) is 71.8 Å². The zero-order valence-corrected chi connectivity index (χ0v) is 17.9. The van der Waals surface area contributed by atoms with E-state index in [0.717, 1.165) is 17.4 Å². The summed E-state index contributed by atoms with van der Waals surface area (Å²) < 4.78 is 16.2. The molecule has 0 spiro atoms. The number of nitrogens with zero attached hydrogens (tertiary/aromatic N) is 1. The van der Waals surface area contributed by atoms with Crippen LogP contribution in [0.25, 0.3) is 0 Å². The van der Waals surface area contributed by atoms with E-state index in [-0.39, 0.29) is 6.54 Å². The molecule has 164 valence electrons. The molecule has 1 aliphatic heterocycles. The number of aldehydes is 1. The average molecular weight is 425 g/mol. The van der Waals surface area contributed by atoms with E-state index in [0.29, 0.717) is 6.42 Å². The molecule has 1 saturated heterocycles. The Kier molecular flexibility index (Phi) is 7.20. The molecule has 0 radical (unpaired) electrons. The third-order valence-corrected chi connectivity index (χ3v) is 5.10. The first-order valence-corrected chi connectivity index (χ1v) is 10.1. The van der Waals surface area contributed by atoms with Gasteiger partial charge in [-0.3, -0.25) is 4.79 Å². The molecular formula is C24H27NO6. The topological polar surface area (TPSA) is 82.1 Å². The first-order valence-electron chi connectivity index (χ1n) is 10.1. The zero-order valence-electron chi connectivity index (χ0n) is 17.9. The molecular weight excluding hydrogens is 398 g/mol. The predicted molar refractivity (Wildman–Crippen MR) is 113 cm³/mol. The van der Waals surface area contributed by atoms with Crippen LogP contribution < -0.4 is 0 Å². The van der Waals surface area contributed by atoms with Gasteiger partial charge in [0.05, 0.1) is 13.2 Å². The van der Waals surface area contributed by atoms with Gasteiger partial charge in [0.25, 0.3) is 5.91 Å². The van der Waals surface area contributed by atoms with Crippen LogP contribution in [0.3, 0.4) is 0 Å². The largest absolute Gasteiger partial charge is 0.467 e. The van der Waals surface area contributed by atoms with Crippen molar-refractivity contribution in [2.24, 2.45) is 0 Å². The van der Waals surface area contributed by atoms with Crippen molar-refractivity contribution in [2.75, 3.05) is 7.11 Å². The molecule has 0 bridgehead atoms. The van der Waals surface area contributed by atoms with Gasteiger partial charge in [-0.2, -0.15) is 0 Å². The van der Waals surface area contributed by atoms with Crippen molar-refractivity contribution < 1.29 is 28.6 Å². The number of carbonyl (C=O) groups excluding carboxylic acids is 3. The molecule has 2 aromatic carbocycles. The van der Waals surface area contributed by atoms with Crippen LogP contribution in [-0.4, -0.2) is 54.2 Å². The standard InChI is InChI=1S/C24H27NO6/c1-24(2)30-20(21(31-24)23(28)29-3)22(27)25(15-18-12-8-5-9-13-18)19(16-26)14-17-10-6-4-7-11-17/h4-13,16,19-21H,14-15H2,1-3H3/t19-,20+,21+/m0/s1. The van der Waals surface area contributed by atoms with Crippen molar-refractivity contribution in [3.8, 4) is 0 Å². The zero-order chi connectivity index (χ0) is 22.4. The lowest BCUT2D eigenvalue weighted by Crippen LogP contribution is -2.51. The van der Waals surface area contributed by atoms with Crippen LogP contribution in [0, 0.1) is 0 Å². The quantitative estimate of drug-likeness (QED) is 0.478. The highest BCUT2D eigenvalue weighted by Crippen LogP contribution is 2.31. The van der Waals surface area contributed by atoms with E-state index < -0.39 is 35.9 Å². The van der Waals surface area contributed by atoms with Crippen LogP contribution in [0.2, 0.25) is 0 Å². The Labute approximate surface area is 181 Å². The number of esters is 1. The van der Waals surface area contributed by atoms with Gasteiger partial charge in [-0.05, 0) is 31.4 Å². The van der Waals surface area contributed by atoms with E-state index in [1.165, 1.54) is 12.0 Å². The summed E-state index contributed by atoms with van der Waals surface area (Å²) >= 11 is 0. The summed E-state index contributed by atoms with van der Waals surface area (Å²) in [5.41, 5.74) is 1.77. The maximum Gasteiger partial charge on any atom is 0.338 e. The number of methoxy groups -OCH3 is 1. The molecule has 1 amide bonds. The van der Waals surface area contributed by atoms with Crippen LogP contribution in [-0.2, 0) is 41.6 Å². The van der Waals surface area contributed by atoms with Crippen LogP contribution in [0.4, 0.5) is 0 Å². The highest BCUT2D eigenvalue weighted by atomic mass is 16.8. The Balaban J connectivity index is 1.93. The van der Waals surface area contributed by atoms with Crippen molar-refractivity contribution in [2.45, 2.75) is 50.8 Å². The average Bonchev–Trinajstić information content (AvgIpc) is 3.12. The fraction of sp³-hybridized carbons (Fsp3) is 0.375. The molecule has 0 saturated carbocycles. The van der Waals surface area contributed by atoms with E-state index in [9.17, 15) is 14.4 Å². The number of amides is 1. The molecule has 2 aromatic rings. The van der Waals surface area contributed by atoms with Crippen molar-refractivity contribution in [1.82, 2.24) is 4.90 Å². The lowest BCUT2D eigenvalue weighted by molar-refractivity contribution is -0.170. The van der Waals surface area contributed by atoms with Gasteiger partial charge in [-0.15, -0.1) is 0 Å². The second-order valence-electron chi connectivity index (χ2n) is 7.84. The first kappa shape index (κ1) is 22.7. The summed E-state index contributed by atoms with van der Waals surface area (Å²) in [6.07, 6.45) is -1.34. The maximum absolute atomic E-state index is 13.6. The van der Waals surface area contributed by atoms with Crippen molar-refractivity contribution >= 4 is 18.2 Å². The normalized spacial score (nSPS) is 20.6. The predicted octanol–water partition coefficient (Wildman–Crippen LogP) is 2.52. The minimum absolute atomic E-state index is 0.185. The number of hydrogen-bond acceptors (Lipinski definition) is 6. The third kappa shape index (κ3) is 5.57. The molecule has 1 fully saturated rings. The minimum atomic E-state index is -1.22. The smallest absolute Gasteiger partial charge is 0.338 e. The monoisotopic (exact) mass is 425 g/mol. The second-order valence-corrected chi connectivity index (χ2v) is 7.84. The van der Waals surface area contributed by atoms with E-state index in [1.807, 2.05) is 60.7 Å². The van der Waals surface area contributed by atoms with Gasteiger partial charge in [0, 0.05) is 6.54 Å². The molecule has 3 atom stereocenters. The fourth-order valence-corrected chi connectivity index (χ4v) is 3.62. The molecule has 0 unspecified atom stereocenters. The van der Waals surface area contributed by atoms with Crippen LogP contribution in [0.5, 0.6) is 0 Å². The van der Waals surface area contributed by atoms with E-state index >= 15 is 0 Å². The Bertz CT molecular complexity index is 899. The van der Waals surface area contributed by atoms with Gasteiger partial charge in [0.1, 0.15) is 6.29 Å². The highest BCUT2D eigenvalue weighted by molar-refractivity contribution is 5.90. The summed E-state index contributed by atoms with van der Waals surface area (Å²) in [7, 11) is 1.23.